The van der Waals surface area contributed by atoms with Crippen LogP contribution in [0.15, 0.2) is 0 Å². The van der Waals surface area contributed by atoms with Gasteiger partial charge in [0.05, 0.1) is 12.4 Å². The zero-order valence-corrected chi connectivity index (χ0v) is 11.1. The average molecular weight is 282 g/mol. The Morgan fingerprint density at radius 2 is 2.00 bits per heavy atom. The maximum atomic E-state index is 11.2. The van der Waals surface area contributed by atoms with Crippen LogP contribution in [0.1, 0.15) is 6.92 Å². The molecule has 3 N–H and O–H groups in total. The van der Waals surface area contributed by atoms with Gasteiger partial charge in [0.15, 0.2) is 0 Å². The minimum absolute atomic E-state index is 0.0696. The van der Waals surface area contributed by atoms with E-state index in [2.05, 4.69) is 10.6 Å². The van der Waals surface area contributed by atoms with E-state index in [4.69, 9.17) is 9.84 Å². The molecular weight excluding hydrogens is 264 g/mol. The van der Waals surface area contributed by atoms with Crippen LogP contribution >= 0.6 is 0 Å². The van der Waals surface area contributed by atoms with Crippen LogP contribution in [0, 0.1) is 0 Å². The van der Waals surface area contributed by atoms with Gasteiger partial charge in [-0.3, -0.25) is 0 Å². The highest BCUT2D eigenvalue weighted by atomic mass is 32.2. The van der Waals surface area contributed by atoms with Crippen molar-refractivity contribution in [3.05, 3.63) is 0 Å². The highest BCUT2D eigenvalue weighted by molar-refractivity contribution is 7.90. The maximum absolute atomic E-state index is 11.2. The molecule has 1 atom stereocenters. The minimum atomic E-state index is -3.14. The number of carboxylic acids is 1. The number of aliphatic carboxylic acids is 1. The van der Waals surface area contributed by atoms with Gasteiger partial charge in [-0.25, -0.2) is 18.0 Å². The SMILES string of the molecule is CC(CS(C)(=O)=O)NC(=O)NCCOCC(=O)O. The molecule has 106 valence electrons. The Bertz CT molecular complexity index is 381. The van der Waals surface area contributed by atoms with Gasteiger partial charge >= 0.3 is 12.0 Å². The first-order chi connectivity index (χ1) is 8.20. The molecule has 0 radical (unpaired) electrons. The van der Waals surface area contributed by atoms with Crippen LogP contribution in [0.3, 0.4) is 0 Å². The molecule has 0 saturated heterocycles. The van der Waals surface area contributed by atoms with Gasteiger partial charge in [-0.1, -0.05) is 0 Å². The lowest BCUT2D eigenvalue weighted by molar-refractivity contribution is -0.142. The van der Waals surface area contributed by atoms with E-state index in [0.29, 0.717) is 0 Å². The number of ether oxygens (including phenoxy) is 1. The summed E-state index contributed by atoms with van der Waals surface area (Å²) < 4.78 is 26.6. The molecule has 1 unspecified atom stereocenters. The Labute approximate surface area is 106 Å². The highest BCUT2D eigenvalue weighted by Gasteiger charge is 2.12. The first-order valence-electron chi connectivity index (χ1n) is 5.22. The fraction of sp³-hybridized carbons (Fsp3) is 0.778. The standard InChI is InChI=1S/C9H18N2O6S/c1-7(6-18(2,15)16)11-9(14)10-3-4-17-5-8(12)13/h7H,3-6H2,1-2H3,(H,12,13)(H2,10,11,14). The quantitative estimate of drug-likeness (QED) is 0.482. The molecule has 0 aromatic rings. The van der Waals surface area contributed by atoms with Crippen LogP contribution < -0.4 is 10.6 Å². The molecule has 0 aliphatic heterocycles. The highest BCUT2D eigenvalue weighted by Crippen LogP contribution is 1.89. The molecule has 0 fully saturated rings. The topological polar surface area (TPSA) is 122 Å². The Hall–Kier alpha value is -1.35. The normalized spacial score (nSPS) is 12.8. The third kappa shape index (κ3) is 11.1. The number of hydrogen-bond acceptors (Lipinski definition) is 5. The van der Waals surface area contributed by atoms with E-state index in [0.717, 1.165) is 6.26 Å². The number of carbonyl (C=O) groups is 2. The van der Waals surface area contributed by atoms with E-state index in [9.17, 15) is 18.0 Å². The van der Waals surface area contributed by atoms with Crippen LogP contribution in [0.5, 0.6) is 0 Å². The number of hydrogen-bond donors (Lipinski definition) is 3. The van der Waals surface area contributed by atoms with E-state index >= 15 is 0 Å². The predicted octanol–water partition coefficient (Wildman–Crippen LogP) is -1.18. The molecule has 0 heterocycles. The molecule has 0 spiro atoms. The molecule has 18 heavy (non-hydrogen) atoms. The van der Waals surface area contributed by atoms with E-state index in [1.807, 2.05) is 0 Å². The van der Waals surface area contributed by atoms with E-state index < -0.39 is 34.5 Å². The molecule has 9 heteroatoms. The second kappa shape index (κ2) is 7.88. The summed E-state index contributed by atoms with van der Waals surface area (Å²) >= 11 is 0. The number of sulfone groups is 1. The van der Waals surface area contributed by atoms with Crippen LogP contribution in [0.4, 0.5) is 4.79 Å². The number of rotatable bonds is 8. The summed E-state index contributed by atoms with van der Waals surface area (Å²) in [5, 5.41) is 13.1. The van der Waals surface area contributed by atoms with Crippen molar-refractivity contribution in [3.63, 3.8) is 0 Å². The maximum Gasteiger partial charge on any atom is 0.329 e. The Morgan fingerprint density at radius 1 is 1.39 bits per heavy atom. The number of carbonyl (C=O) groups excluding carboxylic acids is 1. The van der Waals surface area contributed by atoms with Crippen molar-refractivity contribution in [1.29, 1.82) is 0 Å². The lowest BCUT2D eigenvalue weighted by Crippen LogP contribution is -2.44. The average Bonchev–Trinajstić information content (AvgIpc) is 2.12. The van der Waals surface area contributed by atoms with E-state index in [1.54, 1.807) is 6.92 Å². The monoisotopic (exact) mass is 282 g/mol. The van der Waals surface area contributed by atoms with Gasteiger partial charge in [0, 0.05) is 18.8 Å². The molecule has 0 aliphatic rings. The Balaban J connectivity index is 3.68. The van der Waals surface area contributed by atoms with Crippen molar-refractivity contribution in [3.8, 4) is 0 Å². The zero-order valence-electron chi connectivity index (χ0n) is 10.3. The van der Waals surface area contributed by atoms with Gasteiger partial charge in [-0.15, -0.1) is 0 Å². The Kier molecular flexibility index (Phi) is 7.29. The summed E-state index contributed by atoms with van der Waals surface area (Å²) in [4.78, 5) is 21.3. The van der Waals surface area contributed by atoms with Gasteiger partial charge in [-0.2, -0.15) is 0 Å². The number of urea groups is 1. The molecule has 8 nitrogen and oxygen atoms in total. The molecule has 0 rings (SSSR count). The van der Waals surface area contributed by atoms with E-state index in [1.165, 1.54) is 0 Å². The summed E-state index contributed by atoms with van der Waals surface area (Å²) in [6.45, 7) is 1.36. The number of amides is 2. The lowest BCUT2D eigenvalue weighted by Gasteiger charge is -2.13. The summed E-state index contributed by atoms with van der Waals surface area (Å²) in [6, 6.07) is -1.02. The molecule has 2 amide bonds. The molecule has 0 bridgehead atoms. The first-order valence-corrected chi connectivity index (χ1v) is 7.28. The van der Waals surface area contributed by atoms with Crippen molar-refractivity contribution in [2.75, 3.05) is 31.8 Å². The van der Waals surface area contributed by atoms with Crippen molar-refractivity contribution < 1.29 is 27.9 Å². The van der Waals surface area contributed by atoms with Crippen molar-refractivity contribution in [2.24, 2.45) is 0 Å². The summed E-state index contributed by atoms with van der Waals surface area (Å²) in [5.41, 5.74) is 0. The molecule has 0 aromatic carbocycles. The largest absolute Gasteiger partial charge is 0.480 e. The van der Waals surface area contributed by atoms with Crippen LogP contribution in [0.2, 0.25) is 0 Å². The lowest BCUT2D eigenvalue weighted by atomic mass is 10.4. The van der Waals surface area contributed by atoms with Crippen molar-refractivity contribution in [1.82, 2.24) is 10.6 Å². The Morgan fingerprint density at radius 3 is 2.50 bits per heavy atom. The van der Waals surface area contributed by atoms with Crippen LogP contribution in [0.25, 0.3) is 0 Å². The van der Waals surface area contributed by atoms with Crippen LogP contribution in [-0.4, -0.2) is 63.3 Å². The third-order valence-corrected chi connectivity index (χ3v) is 2.79. The number of nitrogens with one attached hydrogen (secondary N) is 2. The predicted molar refractivity (Wildman–Crippen MR) is 64.2 cm³/mol. The van der Waals surface area contributed by atoms with E-state index in [-0.39, 0.29) is 18.9 Å². The van der Waals surface area contributed by atoms with Gasteiger partial charge < -0.3 is 20.5 Å². The van der Waals surface area contributed by atoms with Crippen molar-refractivity contribution in [2.45, 2.75) is 13.0 Å². The minimum Gasteiger partial charge on any atom is -0.480 e. The van der Waals surface area contributed by atoms with Gasteiger partial charge in [-0.05, 0) is 6.92 Å². The van der Waals surface area contributed by atoms with Crippen molar-refractivity contribution >= 4 is 21.8 Å². The van der Waals surface area contributed by atoms with Gasteiger partial charge in [0.25, 0.3) is 0 Å². The molecule has 0 saturated carbocycles. The van der Waals surface area contributed by atoms with Crippen LogP contribution in [-0.2, 0) is 19.4 Å². The summed E-state index contributed by atoms with van der Waals surface area (Å²) in [7, 11) is -3.14. The smallest absolute Gasteiger partial charge is 0.329 e. The summed E-state index contributed by atoms with van der Waals surface area (Å²) in [5.74, 6) is -1.23. The fourth-order valence-electron chi connectivity index (χ4n) is 1.17. The van der Waals surface area contributed by atoms with Gasteiger partial charge in [0.1, 0.15) is 16.4 Å². The molecule has 0 aliphatic carbocycles. The van der Waals surface area contributed by atoms with Gasteiger partial charge in [0.2, 0.25) is 0 Å². The molecular formula is C9H18N2O6S. The molecule has 0 aromatic heterocycles. The first kappa shape index (κ1) is 16.6. The number of carboxylic acid groups (broad SMARTS) is 1. The second-order valence-electron chi connectivity index (χ2n) is 3.84. The second-order valence-corrected chi connectivity index (χ2v) is 6.02. The third-order valence-electron chi connectivity index (χ3n) is 1.69. The fourth-order valence-corrected chi connectivity index (χ4v) is 2.16. The summed E-state index contributed by atoms with van der Waals surface area (Å²) in [6.07, 6.45) is 1.09. The zero-order chi connectivity index (χ0) is 14.2.